The highest BCUT2D eigenvalue weighted by Crippen LogP contribution is 2.20. The molecule has 0 saturated heterocycles. The van der Waals surface area contributed by atoms with Crippen LogP contribution in [0.15, 0.2) is 74.4 Å². The molecule has 25 heavy (non-hydrogen) atoms. The van der Waals surface area contributed by atoms with Crippen LogP contribution >= 0.6 is 15.9 Å². The molecule has 0 atom stereocenters. The van der Waals surface area contributed by atoms with Gasteiger partial charge in [0.1, 0.15) is 0 Å². The summed E-state index contributed by atoms with van der Waals surface area (Å²) in [5, 5.41) is 0. The Labute approximate surface area is 152 Å². The first-order valence-electron chi connectivity index (χ1n) is 7.00. The molecule has 0 radical (unpaired) electrons. The van der Waals surface area contributed by atoms with Crippen molar-refractivity contribution in [1.29, 1.82) is 0 Å². The van der Waals surface area contributed by atoms with Gasteiger partial charge in [-0.25, -0.2) is 0 Å². The highest BCUT2D eigenvalue weighted by atomic mass is 79.9. The van der Waals surface area contributed by atoms with Crippen LogP contribution in [0.4, 0.5) is 13.2 Å². The molecular formula is C17H13BrF3NO2S. The molecular weight excluding hydrogens is 419 g/mol. The third kappa shape index (κ3) is 5.82. The lowest BCUT2D eigenvalue weighted by molar-refractivity contribution is -0.0797. The van der Waals surface area contributed by atoms with Crippen molar-refractivity contribution < 1.29 is 21.6 Å². The maximum atomic E-state index is 12.5. The molecule has 0 aromatic heterocycles. The summed E-state index contributed by atoms with van der Waals surface area (Å²) in [4.78, 5) is -0.0897. The van der Waals surface area contributed by atoms with Crippen molar-refractivity contribution in [3.63, 3.8) is 0 Å². The Morgan fingerprint density at radius 3 is 2.12 bits per heavy atom. The van der Waals surface area contributed by atoms with Crippen LogP contribution < -0.4 is 0 Å². The summed E-state index contributed by atoms with van der Waals surface area (Å²) in [6.07, 6.45) is -3.97. The number of hydrogen-bond donors (Lipinski definition) is 0. The summed E-state index contributed by atoms with van der Waals surface area (Å²) in [5.41, 5.74) is 0.804. The lowest BCUT2D eigenvalue weighted by atomic mass is 10.1. The Balaban J connectivity index is 2.53. The zero-order valence-corrected chi connectivity index (χ0v) is 15.4. The second-order valence-corrected chi connectivity index (χ2v) is 7.67. The molecule has 0 spiro atoms. The number of rotatable bonds is 4. The number of hydrogen-bond acceptors (Lipinski definition) is 2. The average molecular weight is 432 g/mol. The Hall–Kier alpha value is -1.93. The zero-order chi connectivity index (χ0) is 18.7. The second-order valence-electron chi connectivity index (χ2n) is 5.15. The van der Waals surface area contributed by atoms with Gasteiger partial charge in [0.05, 0.1) is 10.6 Å². The van der Waals surface area contributed by atoms with Gasteiger partial charge >= 0.3 is 6.18 Å². The maximum Gasteiger partial charge on any atom is 0.409 e. The van der Waals surface area contributed by atoms with E-state index in [0.29, 0.717) is 10.5 Å². The Kier molecular flexibility index (Phi) is 5.84. The van der Waals surface area contributed by atoms with Gasteiger partial charge in [-0.3, -0.25) is 0 Å². The van der Waals surface area contributed by atoms with Crippen LogP contribution in [0.2, 0.25) is 0 Å². The molecule has 2 rings (SSSR count). The van der Waals surface area contributed by atoms with E-state index in [1.165, 1.54) is 24.3 Å². The van der Waals surface area contributed by atoms with E-state index in [4.69, 9.17) is 0 Å². The number of nitrogens with zero attached hydrogens (tertiary/aromatic N) is 1. The lowest BCUT2D eigenvalue weighted by Gasteiger charge is -2.05. The fourth-order valence-corrected chi connectivity index (χ4v) is 3.14. The van der Waals surface area contributed by atoms with Crippen LogP contribution in [0.25, 0.3) is 0 Å². The van der Waals surface area contributed by atoms with Gasteiger partial charge < -0.3 is 0 Å². The standard InChI is InChI=1S/C17H13BrF3NO2S/c1-12-2-8-15(9-3-12)25(23,24)22-16(10-11-17(19,20)21)13-4-6-14(18)7-5-13/h2-11H,1H3/b11-10+,22-16?. The van der Waals surface area contributed by atoms with E-state index in [0.717, 1.165) is 5.56 Å². The minimum Gasteiger partial charge on any atom is -0.199 e. The van der Waals surface area contributed by atoms with E-state index < -0.39 is 16.2 Å². The Morgan fingerprint density at radius 2 is 1.60 bits per heavy atom. The van der Waals surface area contributed by atoms with Crippen LogP contribution in [0, 0.1) is 6.92 Å². The summed E-state index contributed by atoms with van der Waals surface area (Å²) in [6.45, 7) is 1.79. The zero-order valence-electron chi connectivity index (χ0n) is 13.0. The van der Waals surface area contributed by atoms with Crippen molar-refractivity contribution in [2.75, 3.05) is 0 Å². The largest absolute Gasteiger partial charge is 0.409 e. The van der Waals surface area contributed by atoms with Gasteiger partial charge in [0.25, 0.3) is 10.0 Å². The van der Waals surface area contributed by atoms with Crippen molar-refractivity contribution in [2.24, 2.45) is 4.40 Å². The first-order valence-corrected chi connectivity index (χ1v) is 9.24. The molecule has 0 fully saturated rings. The smallest absolute Gasteiger partial charge is 0.199 e. The van der Waals surface area contributed by atoms with Gasteiger partial charge in [-0.2, -0.15) is 26.0 Å². The maximum absolute atomic E-state index is 12.5. The summed E-state index contributed by atoms with van der Waals surface area (Å²) in [7, 11) is -4.14. The quantitative estimate of drug-likeness (QED) is 0.635. The van der Waals surface area contributed by atoms with E-state index in [1.807, 2.05) is 0 Å². The van der Waals surface area contributed by atoms with Gasteiger partial charge in [-0.15, -0.1) is 0 Å². The fraction of sp³-hybridized carbons (Fsp3) is 0.118. The molecule has 0 bridgehead atoms. The van der Waals surface area contributed by atoms with Crippen molar-refractivity contribution in [1.82, 2.24) is 0 Å². The number of halogens is 4. The number of aryl methyl sites for hydroxylation is 1. The lowest BCUT2D eigenvalue weighted by Crippen LogP contribution is -2.07. The first kappa shape index (κ1) is 19.4. The molecule has 0 aliphatic heterocycles. The minimum absolute atomic E-state index is 0.0431. The van der Waals surface area contributed by atoms with Gasteiger partial charge in [-0.1, -0.05) is 45.8 Å². The predicted octanol–water partition coefficient (Wildman–Crippen LogP) is 5.05. The molecule has 0 N–H and O–H groups in total. The van der Waals surface area contributed by atoms with Crippen molar-refractivity contribution in [2.45, 2.75) is 18.0 Å². The van der Waals surface area contributed by atoms with Crippen LogP contribution in [0.3, 0.4) is 0 Å². The molecule has 3 nitrogen and oxygen atoms in total. The molecule has 0 unspecified atom stereocenters. The van der Waals surface area contributed by atoms with Crippen molar-refractivity contribution >= 4 is 31.7 Å². The summed E-state index contributed by atoms with van der Waals surface area (Å²) in [5.74, 6) is 0. The molecule has 0 heterocycles. The Bertz CT molecular complexity index is 900. The summed E-state index contributed by atoms with van der Waals surface area (Å²) < 4.78 is 66.6. The third-order valence-corrected chi connectivity index (χ3v) is 4.94. The van der Waals surface area contributed by atoms with Crippen LogP contribution in [-0.2, 0) is 10.0 Å². The van der Waals surface area contributed by atoms with Crippen molar-refractivity contribution in [3.05, 3.63) is 76.3 Å². The van der Waals surface area contributed by atoms with E-state index in [-0.39, 0.29) is 22.2 Å². The van der Waals surface area contributed by atoms with Gasteiger partial charge in [0, 0.05) is 16.1 Å². The molecule has 0 aliphatic carbocycles. The topological polar surface area (TPSA) is 46.5 Å². The average Bonchev–Trinajstić information content (AvgIpc) is 2.52. The van der Waals surface area contributed by atoms with E-state index in [1.54, 1.807) is 31.2 Å². The summed E-state index contributed by atoms with van der Waals surface area (Å²) >= 11 is 3.21. The monoisotopic (exact) mass is 431 g/mol. The first-order chi connectivity index (χ1) is 11.6. The minimum atomic E-state index is -4.58. The van der Waals surface area contributed by atoms with E-state index in [2.05, 4.69) is 20.3 Å². The number of allylic oxidation sites excluding steroid dienone is 2. The highest BCUT2D eigenvalue weighted by molar-refractivity contribution is 9.10. The van der Waals surface area contributed by atoms with Gasteiger partial charge in [-0.05, 0) is 37.3 Å². The fourth-order valence-electron chi connectivity index (χ4n) is 1.87. The molecule has 2 aromatic rings. The number of alkyl halides is 3. The summed E-state index contributed by atoms with van der Waals surface area (Å²) in [6, 6.07) is 12.0. The molecule has 0 aliphatic rings. The highest BCUT2D eigenvalue weighted by Gasteiger charge is 2.23. The third-order valence-electron chi connectivity index (χ3n) is 3.11. The molecule has 0 saturated carbocycles. The Morgan fingerprint density at radius 1 is 1.04 bits per heavy atom. The molecule has 0 amide bonds. The van der Waals surface area contributed by atoms with E-state index >= 15 is 0 Å². The van der Waals surface area contributed by atoms with E-state index in [9.17, 15) is 21.6 Å². The molecule has 8 heteroatoms. The predicted molar refractivity (Wildman–Crippen MR) is 94.2 cm³/mol. The number of sulfonamides is 1. The van der Waals surface area contributed by atoms with Crippen molar-refractivity contribution in [3.8, 4) is 0 Å². The molecule has 132 valence electrons. The van der Waals surface area contributed by atoms with Crippen LogP contribution in [0.5, 0.6) is 0 Å². The SMILES string of the molecule is Cc1ccc(S(=O)(=O)N=C(/C=C/C(F)(F)F)c2ccc(Br)cc2)cc1. The van der Waals surface area contributed by atoms with Crippen LogP contribution in [-0.4, -0.2) is 20.3 Å². The second kappa shape index (κ2) is 7.53. The van der Waals surface area contributed by atoms with Crippen LogP contribution in [0.1, 0.15) is 11.1 Å². The van der Waals surface area contributed by atoms with Gasteiger partial charge in [0.2, 0.25) is 0 Å². The normalized spacial score (nSPS) is 13.4. The number of benzene rings is 2. The molecule has 2 aromatic carbocycles. The van der Waals surface area contributed by atoms with Gasteiger partial charge in [0.15, 0.2) is 0 Å².